The van der Waals surface area contributed by atoms with Crippen LogP contribution in [-0.4, -0.2) is 56.0 Å². The average Bonchev–Trinajstić information content (AvgIpc) is 2.76. The number of amides is 1. The number of carbonyl (C=O) groups is 1. The summed E-state index contributed by atoms with van der Waals surface area (Å²) in [7, 11) is -3.74. The van der Waals surface area contributed by atoms with Gasteiger partial charge in [-0.15, -0.1) is 0 Å². The summed E-state index contributed by atoms with van der Waals surface area (Å²) in [4.78, 5) is 23.4. The molecule has 10 nitrogen and oxygen atoms in total. The van der Waals surface area contributed by atoms with Crippen LogP contribution in [0.4, 0.5) is 11.4 Å². The zero-order chi connectivity index (χ0) is 23.5. The van der Waals surface area contributed by atoms with E-state index in [1.54, 1.807) is 32.0 Å². The van der Waals surface area contributed by atoms with E-state index in [4.69, 9.17) is 9.47 Å². The molecule has 1 fully saturated rings. The Bertz CT molecular complexity index is 1130. The molecule has 1 heterocycles. The molecular weight excluding hydrogens is 438 g/mol. The van der Waals surface area contributed by atoms with E-state index in [1.807, 2.05) is 0 Å². The third-order valence-electron chi connectivity index (χ3n) is 5.03. The van der Waals surface area contributed by atoms with Gasteiger partial charge in [0.25, 0.3) is 5.91 Å². The summed E-state index contributed by atoms with van der Waals surface area (Å²) >= 11 is 0. The number of ether oxygens (including phenoxy) is 2. The Morgan fingerprint density at radius 2 is 1.88 bits per heavy atom. The Kier molecular flexibility index (Phi) is 7.12. The highest BCUT2D eigenvalue weighted by Crippen LogP contribution is 2.29. The number of carbonyl (C=O) groups excluding carboxylic acids is 1. The molecule has 1 atom stereocenters. The van der Waals surface area contributed by atoms with Crippen molar-refractivity contribution in [1.29, 1.82) is 0 Å². The van der Waals surface area contributed by atoms with Crippen LogP contribution in [0.15, 0.2) is 41.3 Å². The van der Waals surface area contributed by atoms with Crippen LogP contribution in [-0.2, 0) is 19.6 Å². The van der Waals surface area contributed by atoms with Crippen molar-refractivity contribution in [1.82, 2.24) is 4.31 Å². The molecule has 1 saturated heterocycles. The van der Waals surface area contributed by atoms with E-state index in [0.717, 1.165) is 0 Å². The molecule has 0 radical (unpaired) electrons. The van der Waals surface area contributed by atoms with Gasteiger partial charge in [0.1, 0.15) is 0 Å². The minimum Gasteiger partial charge on any atom is -0.474 e. The standard InChI is InChI=1S/C21H25N3O7S/c1-14-4-7-19(18(12-14)24(26)27)31-16(3)21(25)22-17-6-5-15(2)20(13-17)32(28,29)23-8-10-30-11-9-23/h4-7,12-13,16H,8-11H2,1-3H3,(H,22,25). The molecule has 1 amide bonds. The van der Waals surface area contributed by atoms with E-state index in [-0.39, 0.29) is 35.1 Å². The number of benzene rings is 2. The molecule has 32 heavy (non-hydrogen) atoms. The minimum atomic E-state index is -3.74. The summed E-state index contributed by atoms with van der Waals surface area (Å²) in [6.07, 6.45) is -1.06. The molecule has 1 N–H and O–H groups in total. The molecule has 0 aliphatic carbocycles. The first-order valence-corrected chi connectivity index (χ1v) is 11.4. The topological polar surface area (TPSA) is 128 Å². The number of aryl methyl sites for hydroxylation is 2. The maximum Gasteiger partial charge on any atom is 0.311 e. The zero-order valence-corrected chi connectivity index (χ0v) is 18.8. The highest BCUT2D eigenvalue weighted by molar-refractivity contribution is 7.89. The van der Waals surface area contributed by atoms with Crippen LogP contribution in [0.1, 0.15) is 18.1 Å². The molecule has 1 unspecified atom stereocenters. The fourth-order valence-corrected chi connectivity index (χ4v) is 4.90. The molecule has 1 aliphatic rings. The number of anilines is 1. The molecule has 0 spiro atoms. The Morgan fingerprint density at radius 1 is 1.19 bits per heavy atom. The summed E-state index contributed by atoms with van der Waals surface area (Å²) in [5, 5.41) is 13.9. The third kappa shape index (κ3) is 5.23. The fourth-order valence-electron chi connectivity index (χ4n) is 3.24. The molecular formula is C21H25N3O7S. The van der Waals surface area contributed by atoms with Gasteiger partial charge in [-0.25, -0.2) is 8.42 Å². The molecule has 0 aromatic heterocycles. The number of rotatable bonds is 7. The van der Waals surface area contributed by atoms with Gasteiger partial charge >= 0.3 is 5.69 Å². The monoisotopic (exact) mass is 463 g/mol. The van der Waals surface area contributed by atoms with Crippen LogP contribution in [0.2, 0.25) is 0 Å². The number of nitro groups is 1. The Morgan fingerprint density at radius 3 is 2.53 bits per heavy atom. The Hall–Kier alpha value is -3.02. The number of hydrogen-bond acceptors (Lipinski definition) is 7. The van der Waals surface area contributed by atoms with Crippen molar-refractivity contribution in [2.45, 2.75) is 31.8 Å². The summed E-state index contributed by atoms with van der Waals surface area (Å²) in [6, 6.07) is 9.06. The second-order valence-electron chi connectivity index (χ2n) is 7.47. The van der Waals surface area contributed by atoms with E-state index in [0.29, 0.717) is 24.3 Å². The quantitative estimate of drug-likeness (QED) is 0.494. The lowest BCUT2D eigenvalue weighted by atomic mass is 10.2. The lowest BCUT2D eigenvalue weighted by Gasteiger charge is -2.27. The lowest BCUT2D eigenvalue weighted by molar-refractivity contribution is -0.386. The Balaban J connectivity index is 1.77. The van der Waals surface area contributed by atoms with Crippen LogP contribution in [0, 0.1) is 24.0 Å². The van der Waals surface area contributed by atoms with E-state index in [1.165, 1.54) is 29.4 Å². The Labute approximate surface area is 186 Å². The predicted octanol–water partition coefficient (Wildman–Crippen LogP) is 2.64. The van der Waals surface area contributed by atoms with Crippen molar-refractivity contribution in [3.05, 3.63) is 57.6 Å². The van der Waals surface area contributed by atoms with E-state index in [2.05, 4.69) is 5.32 Å². The van der Waals surface area contributed by atoms with Gasteiger partial charge in [0, 0.05) is 24.8 Å². The van der Waals surface area contributed by atoms with Crippen molar-refractivity contribution in [3.8, 4) is 5.75 Å². The molecule has 0 bridgehead atoms. The predicted molar refractivity (Wildman–Crippen MR) is 117 cm³/mol. The lowest BCUT2D eigenvalue weighted by Crippen LogP contribution is -2.40. The second kappa shape index (κ2) is 9.63. The molecule has 0 saturated carbocycles. The highest BCUT2D eigenvalue weighted by atomic mass is 32.2. The first-order valence-electron chi connectivity index (χ1n) is 10.0. The van der Waals surface area contributed by atoms with Gasteiger partial charge in [-0.2, -0.15) is 4.31 Å². The summed E-state index contributed by atoms with van der Waals surface area (Å²) in [6.45, 7) is 6.03. The maximum absolute atomic E-state index is 13.0. The number of hydrogen-bond donors (Lipinski definition) is 1. The number of morpholine rings is 1. The van der Waals surface area contributed by atoms with E-state index in [9.17, 15) is 23.3 Å². The highest BCUT2D eigenvalue weighted by Gasteiger charge is 2.28. The SMILES string of the molecule is Cc1ccc(OC(C)C(=O)Nc2ccc(C)c(S(=O)(=O)N3CCOCC3)c2)c([N+](=O)[O-])c1. The van der Waals surface area contributed by atoms with Crippen molar-refractivity contribution in [2.24, 2.45) is 0 Å². The van der Waals surface area contributed by atoms with Crippen molar-refractivity contribution < 1.29 is 27.6 Å². The molecule has 1 aliphatic heterocycles. The number of nitro benzene ring substituents is 1. The van der Waals surface area contributed by atoms with Crippen molar-refractivity contribution >= 4 is 27.3 Å². The van der Waals surface area contributed by atoms with Crippen molar-refractivity contribution in [3.63, 3.8) is 0 Å². The molecule has 172 valence electrons. The van der Waals surface area contributed by atoms with Gasteiger partial charge in [0.2, 0.25) is 10.0 Å². The second-order valence-corrected chi connectivity index (χ2v) is 9.38. The van der Waals surface area contributed by atoms with Gasteiger partial charge in [-0.3, -0.25) is 14.9 Å². The maximum atomic E-state index is 13.0. The van der Waals surface area contributed by atoms with Crippen LogP contribution in [0.5, 0.6) is 5.75 Å². The van der Waals surface area contributed by atoms with E-state index >= 15 is 0 Å². The minimum absolute atomic E-state index is 0.0252. The van der Waals surface area contributed by atoms with Gasteiger partial charge in [0.15, 0.2) is 11.9 Å². The van der Waals surface area contributed by atoms with E-state index < -0.39 is 27.0 Å². The van der Waals surface area contributed by atoms with Gasteiger partial charge in [0.05, 0.1) is 23.0 Å². The molecule has 2 aromatic rings. The molecule has 3 rings (SSSR count). The summed E-state index contributed by atoms with van der Waals surface area (Å²) < 4.78 is 38.1. The largest absolute Gasteiger partial charge is 0.474 e. The van der Waals surface area contributed by atoms with Gasteiger partial charge in [-0.05, 0) is 50.1 Å². The third-order valence-corrected chi connectivity index (χ3v) is 7.07. The van der Waals surface area contributed by atoms with Crippen LogP contribution in [0.3, 0.4) is 0 Å². The first-order chi connectivity index (χ1) is 15.1. The van der Waals surface area contributed by atoms with Crippen LogP contribution >= 0.6 is 0 Å². The van der Waals surface area contributed by atoms with Crippen LogP contribution in [0.25, 0.3) is 0 Å². The van der Waals surface area contributed by atoms with Gasteiger partial charge in [-0.1, -0.05) is 12.1 Å². The van der Waals surface area contributed by atoms with Crippen molar-refractivity contribution in [2.75, 3.05) is 31.6 Å². The molecule has 11 heteroatoms. The van der Waals surface area contributed by atoms with Gasteiger partial charge < -0.3 is 14.8 Å². The molecule has 2 aromatic carbocycles. The number of nitrogens with zero attached hydrogens (tertiary/aromatic N) is 2. The summed E-state index contributed by atoms with van der Waals surface area (Å²) in [5.74, 6) is -0.596. The fraction of sp³-hybridized carbons (Fsp3) is 0.381. The normalized spacial score (nSPS) is 15.7. The smallest absolute Gasteiger partial charge is 0.311 e. The number of sulfonamides is 1. The first kappa shape index (κ1) is 23.6. The van der Waals surface area contributed by atoms with Crippen LogP contribution < -0.4 is 10.1 Å². The average molecular weight is 464 g/mol. The zero-order valence-electron chi connectivity index (χ0n) is 18.0. The number of nitrogens with one attached hydrogen (secondary N) is 1. The summed E-state index contributed by atoms with van der Waals surface area (Å²) in [5.41, 5.74) is 1.28.